The third-order valence-corrected chi connectivity index (χ3v) is 7.67. The van der Waals surface area contributed by atoms with Crippen LogP contribution in [0.15, 0.2) is 48.5 Å². The van der Waals surface area contributed by atoms with Crippen LogP contribution in [0.2, 0.25) is 5.02 Å². The van der Waals surface area contributed by atoms with Crippen molar-refractivity contribution in [3.63, 3.8) is 0 Å². The zero-order chi connectivity index (χ0) is 19.1. The summed E-state index contributed by atoms with van der Waals surface area (Å²) in [6, 6.07) is 14.5. The van der Waals surface area contributed by atoms with Crippen LogP contribution in [0.25, 0.3) is 0 Å². The molecule has 2 aromatic rings. The Kier molecular flexibility index (Phi) is 4.64. The van der Waals surface area contributed by atoms with Gasteiger partial charge in [0.1, 0.15) is 0 Å². The molecule has 1 aliphatic carbocycles. The van der Waals surface area contributed by atoms with Gasteiger partial charge in [0.15, 0.2) is 0 Å². The molecule has 7 heteroatoms. The lowest BCUT2D eigenvalue weighted by Crippen LogP contribution is -2.46. The number of carbonyl (C=O) groups is 1. The largest absolute Gasteiger partial charge is 0.325 e. The normalized spacial score (nSPS) is 20.1. The first-order valence-electron chi connectivity index (χ1n) is 9.09. The number of anilines is 2. The fourth-order valence-corrected chi connectivity index (χ4v) is 5.53. The highest BCUT2D eigenvalue weighted by atomic mass is 35.5. The van der Waals surface area contributed by atoms with Crippen molar-refractivity contribution in [2.75, 3.05) is 21.9 Å². The maximum Gasteiger partial charge on any atom is 0.235 e. The highest BCUT2D eigenvalue weighted by Gasteiger charge is 2.45. The van der Waals surface area contributed by atoms with E-state index in [4.69, 9.17) is 11.6 Å². The van der Waals surface area contributed by atoms with E-state index in [0.29, 0.717) is 29.4 Å². The van der Waals surface area contributed by atoms with Crippen molar-refractivity contribution in [2.24, 2.45) is 0 Å². The van der Waals surface area contributed by atoms with Crippen LogP contribution in [0, 0.1) is 0 Å². The van der Waals surface area contributed by atoms with Gasteiger partial charge in [-0.15, -0.1) is 0 Å². The molecule has 27 heavy (non-hydrogen) atoms. The minimum absolute atomic E-state index is 0.0300. The number of amides is 1. The number of hydrogen-bond acceptors (Lipinski definition) is 3. The average Bonchev–Trinajstić information content (AvgIpc) is 2.95. The molecule has 1 heterocycles. The molecule has 1 saturated heterocycles. The van der Waals surface area contributed by atoms with Gasteiger partial charge in [0, 0.05) is 17.3 Å². The molecule has 1 amide bonds. The van der Waals surface area contributed by atoms with E-state index in [-0.39, 0.29) is 11.7 Å². The minimum Gasteiger partial charge on any atom is -0.325 e. The van der Waals surface area contributed by atoms with Crippen molar-refractivity contribution in [3.8, 4) is 0 Å². The summed E-state index contributed by atoms with van der Waals surface area (Å²) in [6.45, 7) is 0.508. The second-order valence-corrected chi connectivity index (χ2v) is 9.63. The van der Waals surface area contributed by atoms with Crippen molar-refractivity contribution >= 4 is 38.9 Å². The Labute approximate surface area is 164 Å². The molecule has 0 radical (unpaired) electrons. The van der Waals surface area contributed by atoms with Gasteiger partial charge in [0.05, 0.1) is 16.9 Å². The molecule has 2 fully saturated rings. The Balaban J connectivity index is 1.51. The number of benzene rings is 2. The lowest BCUT2D eigenvalue weighted by molar-refractivity contribution is -0.124. The molecule has 1 N–H and O–H groups in total. The third-order valence-electron chi connectivity index (χ3n) is 5.55. The van der Waals surface area contributed by atoms with Gasteiger partial charge in [0.25, 0.3) is 0 Å². The summed E-state index contributed by atoms with van der Waals surface area (Å²) in [5.74, 6) is 0.160. The van der Waals surface area contributed by atoms with Crippen LogP contribution in [0.5, 0.6) is 0 Å². The monoisotopic (exact) mass is 404 g/mol. The molecule has 1 aliphatic heterocycles. The van der Waals surface area contributed by atoms with E-state index in [1.165, 1.54) is 4.31 Å². The van der Waals surface area contributed by atoms with Crippen LogP contribution in [-0.4, -0.2) is 26.6 Å². The van der Waals surface area contributed by atoms with E-state index in [0.717, 1.165) is 24.8 Å². The van der Waals surface area contributed by atoms with Gasteiger partial charge in [-0.2, -0.15) is 0 Å². The van der Waals surface area contributed by atoms with Crippen LogP contribution < -0.4 is 9.62 Å². The summed E-state index contributed by atoms with van der Waals surface area (Å²) in [5.41, 5.74) is 1.78. The standard InChI is InChI=1S/C20H21ClN2O3S/c21-16-5-3-15(4-6-16)20(11-1-12-20)19(24)22-17-7-9-18(10-8-17)23-13-2-14-27(23,25)26/h3-10H,1-2,11-14H2,(H,22,24). The Morgan fingerprint density at radius 2 is 1.67 bits per heavy atom. The first-order chi connectivity index (χ1) is 12.9. The molecule has 1 saturated carbocycles. The van der Waals surface area contributed by atoms with E-state index in [1.807, 2.05) is 24.3 Å². The predicted molar refractivity (Wildman–Crippen MR) is 108 cm³/mol. The van der Waals surface area contributed by atoms with Crippen molar-refractivity contribution in [1.29, 1.82) is 0 Å². The number of nitrogens with zero attached hydrogens (tertiary/aromatic N) is 1. The van der Waals surface area contributed by atoms with Gasteiger partial charge in [-0.3, -0.25) is 9.10 Å². The van der Waals surface area contributed by atoms with Crippen molar-refractivity contribution in [2.45, 2.75) is 31.1 Å². The van der Waals surface area contributed by atoms with Gasteiger partial charge in [-0.25, -0.2) is 8.42 Å². The topological polar surface area (TPSA) is 66.5 Å². The minimum atomic E-state index is -3.20. The van der Waals surface area contributed by atoms with Crippen LogP contribution >= 0.6 is 11.6 Å². The molecule has 0 aromatic heterocycles. The van der Waals surface area contributed by atoms with Gasteiger partial charge in [-0.05, 0) is 61.2 Å². The number of sulfonamides is 1. The molecule has 0 bridgehead atoms. The van der Waals surface area contributed by atoms with Gasteiger partial charge in [-0.1, -0.05) is 30.2 Å². The summed E-state index contributed by atoms with van der Waals surface area (Å²) in [7, 11) is -3.20. The number of halogens is 1. The number of nitrogens with one attached hydrogen (secondary N) is 1. The molecule has 2 aromatic carbocycles. The highest BCUT2D eigenvalue weighted by Crippen LogP contribution is 2.45. The SMILES string of the molecule is O=C(Nc1ccc(N2CCCS2(=O)=O)cc1)C1(c2ccc(Cl)cc2)CCC1. The maximum atomic E-state index is 13.0. The van der Waals surface area contributed by atoms with E-state index in [1.54, 1.807) is 24.3 Å². The lowest BCUT2D eigenvalue weighted by atomic mass is 9.64. The van der Waals surface area contributed by atoms with Gasteiger partial charge >= 0.3 is 0 Å². The Morgan fingerprint density at radius 3 is 2.19 bits per heavy atom. The molecular formula is C20H21ClN2O3S. The molecule has 5 nitrogen and oxygen atoms in total. The van der Waals surface area contributed by atoms with E-state index in [9.17, 15) is 13.2 Å². The van der Waals surface area contributed by atoms with Crippen molar-refractivity contribution in [1.82, 2.24) is 0 Å². The summed E-state index contributed by atoms with van der Waals surface area (Å²) in [4.78, 5) is 13.0. The molecule has 0 spiro atoms. The maximum absolute atomic E-state index is 13.0. The molecular weight excluding hydrogens is 384 g/mol. The highest BCUT2D eigenvalue weighted by molar-refractivity contribution is 7.93. The average molecular weight is 405 g/mol. The molecule has 142 valence electrons. The second kappa shape index (κ2) is 6.84. The van der Waals surface area contributed by atoms with E-state index in [2.05, 4.69) is 5.32 Å². The quantitative estimate of drug-likeness (QED) is 0.839. The van der Waals surface area contributed by atoms with Gasteiger partial charge < -0.3 is 5.32 Å². The van der Waals surface area contributed by atoms with Crippen LogP contribution in [-0.2, 0) is 20.2 Å². The van der Waals surface area contributed by atoms with Gasteiger partial charge in [0.2, 0.25) is 15.9 Å². The predicted octanol–water partition coefficient (Wildman–Crippen LogP) is 3.94. The Bertz CT molecular complexity index is 952. The van der Waals surface area contributed by atoms with Crippen LogP contribution in [0.4, 0.5) is 11.4 Å². The second-order valence-electron chi connectivity index (χ2n) is 7.19. The van der Waals surface area contributed by atoms with Crippen molar-refractivity contribution < 1.29 is 13.2 Å². The Morgan fingerprint density at radius 1 is 1.00 bits per heavy atom. The molecule has 0 atom stereocenters. The summed E-state index contributed by atoms with van der Waals surface area (Å²) >= 11 is 5.97. The summed E-state index contributed by atoms with van der Waals surface area (Å²) in [5, 5.41) is 3.65. The number of rotatable bonds is 4. The lowest BCUT2D eigenvalue weighted by Gasteiger charge is -2.40. The number of carbonyl (C=O) groups excluding carboxylic acids is 1. The van der Waals surface area contributed by atoms with E-state index >= 15 is 0 Å². The summed E-state index contributed by atoms with van der Waals surface area (Å²) < 4.78 is 25.5. The first kappa shape index (κ1) is 18.3. The number of hydrogen-bond donors (Lipinski definition) is 1. The first-order valence-corrected chi connectivity index (χ1v) is 11.1. The van der Waals surface area contributed by atoms with Crippen molar-refractivity contribution in [3.05, 3.63) is 59.1 Å². The molecule has 2 aliphatic rings. The molecule has 4 rings (SSSR count). The zero-order valence-corrected chi connectivity index (χ0v) is 16.4. The fourth-order valence-electron chi connectivity index (χ4n) is 3.84. The molecule has 0 unspecified atom stereocenters. The Hall–Kier alpha value is -2.05. The smallest absolute Gasteiger partial charge is 0.235 e. The zero-order valence-electron chi connectivity index (χ0n) is 14.8. The fraction of sp³-hybridized carbons (Fsp3) is 0.350. The van der Waals surface area contributed by atoms with E-state index < -0.39 is 15.4 Å². The third kappa shape index (κ3) is 3.32. The van der Waals surface area contributed by atoms with Crippen LogP contribution in [0.3, 0.4) is 0 Å². The summed E-state index contributed by atoms with van der Waals surface area (Å²) in [6.07, 6.45) is 3.28. The van der Waals surface area contributed by atoms with Crippen LogP contribution in [0.1, 0.15) is 31.2 Å².